The maximum Gasteiger partial charge on any atom is 0.272 e. The fraction of sp³-hybridized carbons (Fsp3) is 0.125. The van der Waals surface area contributed by atoms with Crippen molar-refractivity contribution in [1.29, 1.82) is 0 Å². The SMILES string of the molecule is O=C(NN=CC1COc2ccccc2C1=O)c1cccnc1. The van der Waals surface area contributed by atoms with E-state index < -0.39 is 5.92 Å². The highest BCUT2D eigenvalue weighted by Gasteiger charge is 2.27. The summed E-state index contributed by atoms with van der Waals surface area (Å²) in [7, 11) is 0. The van der Waals surface area contributed by atoms with Crippen molar-refractivity contribution in [3.8, 4) is 5.75 Å². The number of carbonyl (C=O) groups excluding carboxylic acids is 2. The molecule has 0 saturated carbocycles. The van der Waals surface area contributed by atoms with Gasteiger partial charge in [-0.2, -0.15) is 5.10 Å². The number of amides is 1. The zero-order valence-electron chi connectivity index (χ0n) is 11.6. The molecule has 1 atom stereocenters. The fourth-order valence-electron chi connectivity index (χ4n) is 2.11. The lowest BCUT2D eigenvalue weighted by Crippen LogP contribution is -2.30. The van der Waals surface area contributed by atoms with Crippen molar-refractivity contribution < 1.29 is 14.3 Å². The zero-order chi connectivity index (χ0) is 15.4. The summed E-state index contributed by atoms with van der Waals surface area (Å²) in [6.07, 6.45) is 4.41. The Balaban J connectivity index is 1.65. The lowest BCUT2D eigenvalue weighted by atomic mass is 9.96. The number of nitrogens with one attached hydrogen (secondary N) is 1. The van der Waals surface area contributed by atoms with Gasteiger partial charge in [-0.1, -0.05) is 12.1 Å². The number of fused-ring (bicyclic) bond motifs is 1. The first-order valence-corrected chi connectivity index (χ1v) is 6.75. The molecule has 0 bridgehead atoms. The van der Waals surface area contributed by atoms with E-state index in [9.17, 15) is 9.59 Å². The average molecular weight is 295 g/mol. The van der Waals surface area contributed by atoms with Crippen molar-refractivity contribution in [1.82, 2.24) is 10.4 Å². The lowest BCUT2D eigenvalue weighted by molar-refractivity contribution is 0.0887. The summed E-state index contributed by atoms with van der Waals surface area (Å²) in [6, 6.07) is 10.4. The first-order valence-electron chi connectivity index (χ1n) is 6.75. The number of aromatic nitrogens is 1. The molecular weight excluding hydrogens is 282 g/mol. The number of nitrogens with zero attached hydrogens (tertiary/aromatic N) is 2. The number of rotatable bonds is 3. The highest BCUT2D eigenvalue weighted by molar-refractivity contribution is 6.09. The van der Waals surface area contributed by atoms with Crippen LogP contribution in [0.4, 0.5) is 0 Å². The molecule has 1 aliphatic heterocycles. The summed E-state index contributed by atoms with van der Waals surface area (Å²) in [5, 5.41) is 3.84. The summed E-state index contributed by atoms with van der Waals surface area (Å²) in [6.45, 7) is 0.210. The van der Waals surface area contributed by atoms with E-state index in [0.29, 0.717) is 16.9 Å². The van der Waals surface area contributed by atoms with Crippen molar-refractivity contribution in [2.24, 2.45) is 11.0 Å². The largest absolute Gasteiger partial charge is 0.492 e. The van der Waals surface area contributed by atoms with Gasteiger partial charge in [0, 0.05) is 18.6 Å². The molecule has 2 heterocycles. The maximum absolute atomic E-state index is 12.3. The Kier molecular flexibility index (Phi) is 3.91. The Hall–Kier alpha value is -3.02. The van der Waals surface area contributed by atoms with Crippen LogP contribution in [0.2, 0.25) is 0 Å². The fourth-order valence-corrected chi connectivity index (χ4v) is 2.11. The van der Waals surface area contributed by atoms with Crippen molar-refractivity contribution in [2.75, 3.05) is 6.61 Å². The van der Waals surface area contributed by atoms with E-state index in [2.05, 4.69) is 15.5 Å². The van der Waals surface area contributed by atoms with E-state index in [-0.39, 0.29) is 18.3 Å². The smallest absolute Gasteiger partial charge is 0.272 e. The molecule has 3 rings (SSSR count). The van der Waals surface area contributed by atoms with Gasteiger partial charge in [0.25, 0.3) is 5.91 Å². The molecule has 1 aliphatic rings. The van der Waals surface area contributed by atoms with Gasteiger partial charge in [-0.05, 0) is 24.3 Å². The maximum atomic E-state index is 12.3. The third-order valence-electron chi connectivity index (χ3n) is 3.25. The van der Waals surface area contributed by atoms with Gasteiger partial charge in [0.05, 0.1) is 17.0 Å². The molecule has 1 unspecified atom stereocenters. The van der Waals surface area contributed by atoms with E-state index >= 15 is 0 Å². The molecule has 0 fully saturated rings. The van der Waals surface area contributed by atoms with Gasteiger partial charge in [0.2, 0.25) is 0 Å². The Bertz CT molecular complexity index is 728. The van der Waals surface area contributed by atoms with Crippen LogP contribution in [0.3, 0.4) is 0 Å². The number of hydrogen-bond donors (Lipinski definition) is 1. The van der Waals surface area contributed by atoms with Crippen LogP contribution < -0.4 is 10.2 Å². The van der Waals surface area contributed by atoms with Crippen molar-refractivity contribution in [2.45, 2.75) is 0 Å². The number of Topliss-reactive ketones (excluding diaryl/α,β-unsaturated/α-hetero) is 1. The van der Waals surface area contributed by atoms with Crippen LogP contribution in [-0.4, -0.2) is 29.5 Å². The number of carbonyl (C=O) groups is 2. The summed E-state index contributed by atoms with van der Waals surface area (Å²) < 4.78 is 5.51. The minimum absolute atomic E-state index is 0.0683. The van der Waals surface area contributed by atoms with Gasteiger partial charge in [-0.3, -0.25) is 14.6 Å². The molecule has 1 amide bonds. The first-order chi connectivity index (χ1) is 10.8. The minimum atomic E-state index is -0.510. The summed E-state index contributed by atoms with van der Waals surface area (Å²) in [4.78, 5) is 27.9. The Morgan fingerprint density at radius 3 is 3.00 bits per heavy atom. The Labute approximate surface area is 126 Å². The van der Waals surface area contributed by atoms with E-state index in [1.807, 2.05) is 6.07 Å². The normalized spacial score (nSPS) is 16.9. The van der Waals surface area contributed by atoms with Crippen LogP contribution >= 0.6 is 0 Å². The van der Waals surface area contributed by atoms with Crippen molar-refractivity contribution in [3.63, 3.8) is 0 Å². The molecule has 0 aliphatic carbocycles. The minimum Gasteiger partial charge on any atom is -0.492 e. The molecule has 6 heteroatoms. The second kappa shape index (κ2) is 6.17. The molecular formula is C16H13N3O3. The van der Waals surface area contributed by atoms with Gasteiger partial charge in [0.1, 0.15) is 12.4 Å². The van der Waals surface area contributed by atoms with E-state index in [1.165, 1.54) is 12.4 Å². The van der Waals surface area contributed by atoms with Gasteiger partial charge in [0.15, 0.2) is 5.78 Å². The number of pyridine rings is 1. The predicted molar refractivity (Wildman–Crippen MR) is 80.0 cm³/mol. The van der Waals surface area contributed by atoms with Crippen LogP contribution in [0.15, 0.2) is 53.9 Å². The van der Waals surface area contributed by atoms with Crippen molar-refractivity contribution >= 4 is 17.9 Å². The molecule has 1 aromatic heterocycles. The lowest BCUT2D eigenvalue weighted by Gasteiger charge is -2.21. The molecule has 6 nitrogen and oxygen atoms in total. The topological polar surface area (TPSA) is 80.6 Å². The monoisotopic (exact) mass is 295 g/mol. The molecule has 0 spiro atoms. The molecule has 0 saturated heterocycles. The number of benzene rings is 1. The van der Waals surface area contributed by atoms with Crippen LogP contribution in [0, 0.1) is 5.92 Å². The highest BCUT2D eigenvalue weighted by atomic mass is 16.5. The van der Waals surface area contributed by atoms with Gasteiger partial charge in [-0.15, -0.1) is 0 Å². The van der Waals surface area contributed by atoms with E-state index in [1.54, 1.807) is 36.5 Å². The third-order valence-corrected chi connectivity index (χ3v) is 3.25. The molecule has 1 aromatic carbocycles. The summed E-state index contributed by atoms with van der Waals surface area (Å²) >= 11 is 0. The van der Waals surface area contributed by atoms with Crippen LogP contribution in [-0.2, 0) is 0 Å². The summed E-state index contributed by atoms with van der Waals surface area (Å²) in [5.41, 5.74) is 3.30. The Morgan fingerprint density at radius 1 is 1.32 bits per heavy atom. The van der Waals surface area contributed by atoms with Crippen molar-refractivity contribution in [3.05, 3.63) is 59.9 Å². The van der Waals surface area contributed by atoms with Gasteiger partial charge in [-0.25, -0.2) is 5.43 Å². The predicted octanol–water partition coefficient (Wildman–Crippen LogP) is 1.69. The summed E-state index contributed by atoms with van der Waals surface area (Å²) in [5.74, 6) is -0.379. The first kappa shape index (κ1) is 13.9. The molecule has 110 valence electrons. The van der Waals surface area contributed by atoms with Crippen LogP contribution in [0.25, 0.3) is 0 Å². The molecule has 2 aromatic rings. The molecule has 1 N–H and O–H groups in total. The van der Waals surface area contributed by atoms with Crippen LogP contribution in [0.5, 0.6) is 5.75 Å². The number of hydrazone groups is 1. The third kappa shape index (κ3) is 2.85. The number of para-hydroxylation sites is 1. The average Bonchev–Trinajstić information content (AvgIpc) is 2.58. The number of ether oxygens (including phenoxy) is 1. The van der Waals surface area contributed by atoms with E-state index in [4.69, 9.17) is 4.74 Å². The second-order valence-corrected chi connectivity index (χ2v) is 4.74. The zero-order valence-corrected chi connectivity index (χ0v) is 11.6. The standard InChI is InChI=1S/C16H13N3O3/c20-15-12(10-22-14-6-2-1-5-13(14)15)9-18-19-16(21)11-4-3-7-17-8-11/h1-9,12H,10H2,(H,19,21). The molecule has 22 heavy (non-hydrogen) atoms. The highest BCUT2D eigenvalue weighted by Crippen LogP contribution is 2.25. The van der Waals surface area contributed by atoms with Crippen LogP contribution in [0.1, 0.15) is 20.7 Å². The van der Waals surface area contributed by atoms with Gasteiger partial charge >= 0.3 is 0 Å². The number of hydrogen-bond acceptors (Lipinski definition) is 5. The Morgan fingerprint density at radius 2 is 2.18 bits per heavy atom. The van der Waals surface area contributed by atoms with Gasteiger partial charge < -0.3 is 4.74 Å². The molecule has 0 radical (unpaired) electrons. The number of ketones is 1. The quantitative estimate of drug-likeness (QED) is 0.690. The van der Waals surface area contributed by atoms with E-state index in [0.717, 1.165) is 0 Å². The second-order valence-electron chi connectivity index (χ2n) is 4.74.